The Kier molecular flexibility index (Phi) is 3.18. The minimum Gasteiger partial charge on any atom is -0.320 e. The maximum atomic E-state index is 11.9. The molecule has 0 aliphatic heterocycles. The van der Waals surface area contributed by atoms with Crippen molar-refractivity contribution in [3.05, 3.63) is 42.0 Å². The Labute approximate surface area is 99.5 Å². The van der Waals surface area contributed by atoms with Gasteiger partial charge in [-0.1, -0.05) is 0 Å². The normalized spacial score (nSPS) is 10.2. The number of hydrogen-bond acceptors (Lipinski definition) is 3. The first-order valence-electron chi connectivity index (χ1n) is 5.46. The highest BCUT2D eigenvalue weighted by molar-refractivity contribution is 6.02. The van der Waals surface area contributed by atoms with Crippen molar-refractivity contribution in [1.82, 2.24) is 14.8 Å². The van der Waals surface area contributed by atoms with E-state index in [9.17, 15) is 4.79 Å². The van der Waals surface area contributed by atoms with Gasteiger partial charge in [-0.3, -0.25) is 14.5 Å². The van der Waals surface area contributed by atoms with Gasteiger partial charge in [-0.05, 0) is 32.0 Å². The molecule has 5 nitrogen and oxygen atoms in total. The molecule has 5 heteroatoms. The topological polar surface area (TPSA) is 59.8 Å². The van der Waals surface area contributed by atoms with Crippen molar-refractivity contribution in [3.63, 3.8) is 0 Å². The average Bonchev–Trinajstić information content (AvgIpc) is 2.72. The lowest BCUT2D eigenvalue weighted by Crippen LogP contribution is -2.13. The number of aryl methyl sites for hydroxylation is 2. The Morgan fingerprint density at radius 1 is 1.41 bits per heavy atom. The van der Waals surface area contributed by atoms with Crippen LogP contribution >= 0.6 is 0 Å². The highest BCUT2D eigenvalue weighted by Gasteiger charge is 2.11. The third-order valence-electron chi connectivity index (χ3n) is 2.45. The largest absolute Gasteiger partial charge is 0.320 e. The predicted molar refractivity (Wildman–Crippen MR) is 64.8 cm³/mol. The molecule has 0 spiro atoms. The number of carbonyl (C=O) groups excluding carboxylic acids is 1. The number of anilines is 1. The van der Waals surface area contributed by atoms with Gasteiger partial charge in [0, 0.05) is 30.3 Å². The van der Waals surface area contributed by atoms with Crippen molar-refractivity contribution in [2.45, 2.75) is 20.4 Å². The van der Waals surface area contributed by atoms with Gasteiger partial charge in [-0.25, -0.2) is 0 Å². The Morgan fingerprint density at radius 3 is 2.71 bits per heavy atom. The molecule has 2 aromatic heterocycles. The van der Waals surface area contributed by atoms with Gasteiger partial charge in [0.05, 0.1) is 0 Å². The second-order valence-electron chi connectivity index (χ2n) is 3.68. The summed E-state index contributed by atoms with van der Waals surface area (Å²) in [6.45, 7) is 4.68. The summed E-state index contributed by atoms with van der Waals surface area (Å²) in [5.41, 5.74) is 2.13. The number of rotatable bonds is 3. The summed E-state index contributed by atoms with van der Waals surface area (Å²) in [5.74, 6) is -0.202. The molecule has 0 atom stereocenters. The van der Waals surface area contributed by atoms with Crippen molar-refractivity contribution in [2.24, 2.45) is 0 Å². The number of hydrogen-bond donors (Lipinski definition) is 1. The van der Waals surface area contributed by atoms with E-state index in [-0.39, 0.29) is 5.91 Å². The summed E-state index contributed by atoms with van der Waals surface area (Å²) in [6.07, 6.45) is 3.26. The number of carbonyl (C=O) groups is 1. The van der Waals surface area contributed by atoms with Crippen molar-refractivity contribution in [3.8, 4) is 0 Å². The average molecular weight is 230 g/mol. The first-order valence-corrected chi connectivity index (χ1v) is 5.46. The molecule has 17 heavy (non-hydrogen) atoms. The second-order valence-corrected chi connectivity index (χ2v) is 3.68. The van der Waals surface area contributed by atoms with E-state index in [2.05, 4.69) is 15.4 Å². The number of nitrogens with one attached hydrogen (secondary N) is 1. The van der Waals surface area contributed by atoms with Gasteiger partial charge in [-0.15, -0.1) is 0 Å². The molecule has 0 aliphatic rings. The summed E-state index contributed by atoms with van der Waals surface area (Å²) in [6, 6.07) is 5.25. The van der Waals surface area contributed by atoms with Crippen LogP contribution in [0, 0.1) is 6.92 Å². The second kappa shape index (κ2) is 4.78. The summed E-state index contributed by atoms with van der Waals surface area (Å²) in [5, 5.41) is 6.98. The molecular weight excluding hydrogens is 216 g/mol. The summed E-state index contributed by atoms with van der Waals surface area (Å²) in [4.78, 5) is 15.8. The quantitative estimate of drug-likeness (QED) is 0.875. The molecule has 0 fully saturated rings. The fourth-order valence-corrected chi connectivity index (χ4v) is 1.57. The molecule has 2 aromatic rings. The lowest BCUT2D eigenvalue weighted by atomic mass is 10.3. The van der Waals surface area contributed by atoms with Crippen LogP contribution < -0.4 is 5.32 Å². The van der Waals surface area contributed by atoms with E-state index >= 15 is 0 Å². The molecule has 0 radical (unpaired) electrons. The molecular formula is C12H14N4O. The van der Waals surface area contributed by atoms with Crippen LogP contribution in [0.15, 0.2) is 30.6 Å². The van der Waals surface area contributed by atoms with Crippen LogP contribution in [0.2, 0.25) is 0 Å². The van der Waals surface area contributed by atoms with Crippen molar-refractivity contribution < 1.29 is 4.79 Å². The molecule has 2 rings (SSSR count). The molecule has 1 amide bonds. The third kappa shape index (κ3) is 2.50. The van der Waals surface area contributed by atoms with Crippen LogP contribution in [0.4, 0.5) is 5.69 Å². The Hall–Kier alpha value is -2.17. The molecule has 0 unspecified atom stereocenters. The molecule has 0 saturated heterocycles. The number of nitrogens with zero attached hydrogens (tertiary/aromatic N) is 3. The van der Waals surface area contributed by atoms with E-state index in [1.165, 1.54) is 0 Å². The molecule has 0 bridgehead atoms. The number of aromatic nitrogens is 3. The lowest BCUT2D eigenvalue weighted by Gasteiger charge is -2.01. The van der Waals surface area contributed by atoms with E-state index in [1.807, 2.05) is 13.8 Å². The predicted octanol–water partition coefficient (Wildman–Crippen LogP) is 1.86. The van der Waals surface area contributed by atoms with Crippen molar-refractivity contribution in [1.29, 1.82) is 0 Å². The van der Waals surface area contributed by atoms with Crippen molar-refractivity contribution >= 4 is 11.6 Å². The van der Waals surface area contributed by atoms with Crippen LogP contribution in [0.3, 0.4) is 0 Å². The van der Waals surface area contributed by atoms with Crippen LogP contribution in [0.25, 0.3) is 0 Å². The smallest absolute Gasteiger partial charge is 0.276 e. The lowest BCUT2D eigenvalue weighted by molar-refractivity contribution is 0.102. The van der Waals surface area contributed by atoms with E-state index < -0.39 is 0 Å². The minimum absolute atomic E-state index is 0.202. The van der Waals surface area contributed by atoms with E-state index in [4.69, 9.17) is 0 Å². The van der Waals surface area contributed by atoms with Gasteiger partial charge in [0.1, 0.15) is 0 Å². The summed E-state index contributed by atoms with van der Waals surface area (Å²) < 4.78 is 1.79. The molecule has 0 aromatic carbocycles. The number of amides is 1. The zero-order chi connectivity index (χ0) is 12.3. The van der Waals surface area contributed by atoms with Gasteiger partial charge in [-0.2, -0.15) is 5.10 Å². The van der Waals surface area contributed by atoms with Crippen LogP contribution in [0.1, 0.15) is 23.1 Å². The van der Waals surface area contributed by atoms with Gasteiger partial charge < -0.3 is 5.32 Å². The molecule has 0 saturated carbocycles. The first kappa shape index (κ1) is 11.3. The first-order chi connectivity index (χ1) is 8.20. The maximum absolute atomic E-state index is 11.9. The zero-order valence-electron chi connectivity index (χ0n) is 9.84. The van der Waals surface area contributed by atoms with Gasteiger partial charge in [0.15, 0.2) is 5.69 Å². The van der Waals surface area contributed by atoms with E-state index in [0.717, 1.165) is 12.2 Å². The fraction of sp³-hybridized carbons (Fsp3) is 0.250. The Morgan fingerprint density at radius 2 is 2.12 bits per heavy atom. The Bertz CT molecular complexity index is 519. The zero-order valence-corrected chi connectivity index (χ0v) is 9.84. The van der Waals surface area contributed by atoms with Gasteiger partial charge in [0.2, 0.25) is 0 Å². The molecule has 0 aliphatic carbocycles. The van der Waals surface area contributed by atoms with E-state index in [0.29, 0.717) is 11.4 Å². The van der Waals surface area contributed by atoms with E-state index in [1.54, 1.807) is 35.3 Å². The van der Waals surface area contributed by atoms with Gasteiger partial charge in [0.25, 0.3) is 5.91 Å². The van der Waals surface area contributed by atoms with Crippen molar-refractivity contribution in [2.75, 3.05) is 5.32 Å². The molecule has 88 valence electrons. The maximum Gasteiger partial charge on any atom is 0.276 e. The third-order valence-corrected chi connectivity index (χ3v) is 2.45. The van der Waals surface area contributed by atoms with Crippen LogP contribution in [0.5, 0.6) is 0 Å². The number of pyridine rings is 1. The SMILES string of the molecule is CCn1nc(C(=O)Nc2ccncc2)cc1C. The van der Waals surface area contributed by atoms with Crippen LogP contribution in [-0.4, -0.2) is 20.7 Å². The Balaban J connectivity index is 2.15. The highest BCUT2D eigenvalue weighted by Crippen LogP contribution is 2.08. The van der Waals surface area contributed by atoms with Gasteiger partial charge >= 0.3 is 0 Å². The highest BCUT2D eigenvalue weighted by atomic mass is 16.1. The monoisotopic (exact) mass is 230 g/mol. The standard InChI is InChI=1S/C12H14N4O/c1-3-16-9(2)8-11(15-16)12(17)14-10-4-6-13-7-5-10/h4-8H,3H2,1-2H3,(H,13,14,17). The molecule has 1 N–H and O–H groups in total. The minimum atomic E-state index is -0.202. The summed E-state index contributed by atoms with van der Waals surface area (Å²) in [7, 11) is 0. The molecule has 2 heterocycles. The summed E-state index contributed by atoms with van der Waals surface area (Å²) >= 11 is 0. The van der Waals surface area contributed by atoms with Crippen LogP contribution in [-0.2, 0) is 6.54 Å². The fourth-order valence-electron chi connectivity index (χ4n) is 1.57.